The van der Waals surface area contributed by atoms with Crippen LogP contribution in [-0.2, 0) is 9.53 Å². The fraction of sp³-hybridized carbons (Fsp3) is 0.938. The van der Waals surface area contributed by atoms with Crippen LogP contribution in [0.3, 0.4) is 0 Å². The van der Waals surface area contributed by atoms with E-state index in [2.05, 4.69) is 12.2 Å². The first-order valence-corrected chi connectivity index (χ1v) is 8.29. The summed E-state index contributed by atoms with van der Waals surface area (Å²) < 4.78 is 5.37. The molecule has 0 unspecified atom stereocenters. The molecule has 1 aliphatic carbocycles. The Labute approximate surface area is 135 Å². The third-order valence-corrected chi connectivity index (χ3v) is 5.20. The van der Waals surface area contributed by atoms with E-state index in [0.717, 1.165) is 31.6 Å². The zero-order valence-electron chi connectivity index (χ0n) is 13.2. The molecule has 2 rings (SSSR count). The molecule has 0 aromatic heterocycles. The molecule has 124 valence electrons. The van der Waals surface area contributed by atoms with Crippen molar-refractivity contribution in [2.75, 3.05) is 19.8 Å². The van der Waals surface area contributed by atoms with Gasteiger partial charge in [-0.3, -0.25) is 4.79 Å². The number of carbonyl (C=O) groups is 1. The Bertz CT molecular complexity index is 311. The Morgan fingerprint density at radius 2 is 1.86 bits per heavy atom. The summed E-state index contributed by atoms with van der Waals surface area (Å²) in [5.41, 5.74) is 5.51. The van der Waals surface area contributed by atoms with Crippen LogP contribution in [0, 0.1) is 11.3 Å². The predicted molar refractivity (Wildman–Crippen MR) is 87.6 cm³/mol. The number of nitrogens with two attached hydrogens (primary N) is 1. The van der Waals surface area contributed by atoms with Gasteiger partial charge in [0.25, 0.3) is 0 Å². The summed E-state index contributed by atoms with van der Waals surface area (Å²) >= 11 is 0. The Morgan fingerprint density at radius 3 is 2.38 bits per heavy atom. The van der Waals surface area contributed by atoms with E-state index >= 15 is 0 Å². The number of nitrogens with one attached hydrogen (secondary N) is 1. The highest BCUT2D eigenvalue weighted by Crippen LogP contribution is 2.32. The van der Waals surface area contributed by atoms with Crippen molar-refractivity contribution in [3.63, 3.8) is 0 Å². The van der Waals surface area contributed by atoms with Crippen molar-refractivity contribution >= 4 is 18.3 Å². The van der Waals surface area contributed by atoms with Crippen molar-refractivity contribution in [3.8, 4) is 0 Å². The predicted octanol–water partition coefficient (Wildman–Crippen LogP) is 2.64. The van der Waals surface area contributed by atoms with Gasteiger partial charge in [0.15, 0.2) is 0 Å². The molecule has 1 saturated carbocycles. The van der Waals surface area contributed by atoms with Crippen LogP contribution in [0.4, 0.5) is 0 Å². The van der Waals surface area contributed by atoms with Crippen LogP contribution >= 0.6 is 12.4 Å². The van der Waals surface area contributed by atoms with Gasteiger partial charge in [-0.1, -0.05) is 19.8 Å². The van der Waals surface area contributed by atoms with Crippen molar-refractivity contribution in [3.05, 3.63) is 0 Å². The molecule has 21 heavy (non-hydrogen) atoms. The number of ether oxygens (including phenoxy) is 1. The van der Waals surface area contributed by atoms with Crippen molar-refractivity contribution in [2.24, 2.45) is 17.1 Å². The molecule has 3 N–H and O–H groups in total. The fourth-order valence-corrected chi connectivity index (χ4v) is 3.63. The second-order valence-electron chi connectivity index (χ2n) is 6.58. The number of hydrogen-bond donors (Lipinski definition) is 2. The van der Waals surface area contributed by atoms with Gasteiger partial charge in [-0.15, -0.1) is 12.4 Å². The standard InChI is InChI=1S/C16H30N2O2.ClH/c1-2-3-13-4-6-14(7-5-13)18-15(19)16(12-17)8-10-20-11-9-16;/h13-14H,2-12,17H2,1H3,(H,18,19);1H. The van der Waals surface area contributed by atoms with Crippen molar-refractivity contribution < 1.29 is 9.53 Å². The number of halogens is 1. The molecule has 0 atom stereocenters. The summed E-state index contributed by atoms with van der Waals surface area (Å²) in [5, 5.41) is 3.27. The van der Waals surface area contributed by atoms with Gasteiger partial charge < -0.3 is 15.8 Å². The first kappa shape index (κ1) is 18.7. The highest BCUT2D eigenvalue weighted by Gasteiger charge is 2.39. The third kappa shape index (κ3) is 4.83. The summed E-state index contributed by atoms with van der Waals surface area (Å²) in [7, 11) is 0. The molecule has 5 heteroatoms. The van der Waals surface area contributed by atoms with Gasteiger partial charge in [-0.2, -0.15) is 0 Å². The van der Waals surface area contributed by atoms with E-state index in [9.17, 15) is 4.79 Å². The van der Waals surface area contributed by atoms with E-state index in [1.165, 1.54) is 25.7 Å². The van der Waals surface area contributed by atoms with Crippen LogP contribution in [0.15, 0.2) is 0 Å². The van der Waals surface area contributed by atoms with Gasteiger partial charge >= 0.3 is 0 Å². The minimum atomic E-state index is -0.376. The highest BCUT2D eigenvalue weighted by molar-refractivity contribution is 5.85. The molecule has 0 aromatic carbocycles. The monoisotopic (exact) mass is 318 g/mol. The molecule has 4 nitrogen and oxygen atoms in total. The van der Waals surface area contributed by atoms with Crippen LogP contribution in [0.25, 0.3) is 0 Å². The van der Waals surface area contributed by atoms with Crippen LogP contribution in [0.1, 0.15) is 58.3 Å². The summed E-state index contributed by atoms with van der Waals surface area (Å²) in [6.07, 6.45) is 8.93. The summed E-state index contributed by atoms with van der Waals surface area (Å²) in [5.74, 6) is 1.04. The lowest BCUT2D eigenvalue weighted by Gasteiger charge is -2.37. The molecule has 2 fully saturated rings. The number of carbonyl (C=O) groups excluding carboxylic acids is 1. The van der Waals surface area contributed by atoms with E-state index in [1.807, 2.05) is 0 Å². The number of rotatable bonds is 5. The zero-order chi connectivity index (χ0) is 14.4. The first-order chi connectivity index (χ1) is 9.70. The average Bonchev–Trinajstić information content (AvgIpc) is 2.50. The minimum absolute atomic E-state index is 0. The Morgan fingerprint density at radius 1 is 1.24 bits per heavy atom. The van der Waals surface area contributed by atoms with Crippen LogP contribution in [-0.4, -0.2) is 31.7 Å². The smallest absolute Gasteiger partial charge is 0.227 e. The Balaban J connectivity index is 0.00000220. The van der Waals surface area contributed by atoms with Crippen LogP contribution in [0.2, 0.25) is 0 Å². The van der Waals surface area contributed by atoms with Crippen molar-refractivity contribution in [2.45, 2.75) is 64.3 Å². The summed E-state index contributed by atoms with van der Waals surface area (Å²) in [4.78, 5) is 12.6. The molecular formula is C16H31ClN2O2. The zero-order valence-corrected chi connectivity index (χ0v) is 14.1. The molecule has 0 spiro atoms. The van der Waals surface area contributed by atoms with Crippen LogP contribution < -0.4 is 11.1 Å². The maximum Gasteiger partial charge on any atom is 0.227 e. The quantitative estimate of drug-likeness (QED) is 0.819. The van der Waals surface area contributed by atoms with E-state index < -0.39 is 0 Å². The molecule has 0 radical (unpaired) electrons. The average molecular weight is 319 g/mol. The first-order valence-electron chi connectivity index (χ1n) is 8.29. The van der Waals surface area contributed by atoms with E-state index in [4.69, 9.17) is 10.5 Å². The maximum absolute atomic E-state index is 12.6. The molecule has 1 saturated heterocycles. The summed E-state index contributed by atoms with van der Waals surface area (Å²) in [6.45, 7) is 4.01. The van der Waals surface area contributed by atoms with Crippen molar-refractivity contribution in [1.29, 1.82) is 0 Å². The molecule has 0 bridgehead atoms. The van der Waals surface area contributed by atoms with E-state index in [0.29, 0.717) is 25.8 Å². The van der Waals surface area contributed by atoms with Gasteiger partial charge in [0, 0.05) is 25.8 Å². The number of amides is 1. The Kier molecular flexibility index (Phi) is 7.99. The molecule has 0 aromatic rings. The van der Waals surface area contributed by atoms with E-state index in [-0.39, 0.29) is 23.7 Å². The molecule has 1 heterocycles. The van der Waals surface area contributed by atoms with Gasteiger partial charge in [-0.25, -0.2) is 0 Å². The molecule has 2 aliphatic rings. The molecule has 1 aliphatic heterocycles. The highest BCUT2D eigenvalue weighted by atomic mass is 35.5. The second-order valence-corrected chi connectivity index (χ2v) is 6.58. The van der Waals surface area contributed by atoms with Gasteiger partial charge in [0.05, 0.1) is 5.41 Å². The largest absolute Gasteiger partial charge is 0.381 e. The van der Waals surface area contributed by atoms with E-state index in [1.54, 1.807) is 0 Å². The number of hydrogen-bond acceptors (Lipinski definition) is 3. The topological polar surface area (TPSA) is 64.4 Å². The lowest BCUT2D eigenvalue weighted by Crippen LogP contribution is -2.52. The Hall–Kier alpha value is -0.320. The van der Waals surface area contributed by atoms with Crippen LogP contribution in [0.5, 0.6) is 0 Å². The third-order valence-electron chi connectivity index (χ3n) is 5.20. The second kappa shape index (κ2) is 8.96. The minimum Gasteiger partial charge on any atom is -0.381 e. The fourth-order valence-electron chi connectivity index (χ4n) is 3.63. The van der Waals surface area contributed by atoms with Gasteiger partial charge in [-0.05, 0) is 44.4 Å². The molecular weight excluding hydrogens is 288 g/mol. The normalized spacial score (nSPS) is 28.5. The SMILES string of the molecule is CCCC1CCC(NC(=O)C2(CN)CCOCC2)CC1.Cl. The van der Waals surface area contributed by atoms with Crippen molar-refractivity contribution in [1.82, 2.24) is 5.32 Å². The maximum atomic E-state index is 12.6. The lowest BCUT2D eigenvalue weighted by molar-refractivity contribution is -0.137. The van der Waals surface area contributed by atoms with Gasteiger partial charge in [0.2, 0.25) is 5.91 Å². The molecule has 1 amide bonds. The summed E-state index contributed by atoms with van der Waals surface area (Å²) in [6, 6.07) is 0.363. The lowest BCUT2D eigenvalue weighted by atomic mass is 9.78. The van der Waals surface area contributed by atoms with Gasteiger partial charge in [0.1, 0.15) is 0 Å².